The van der Waals surface area contributed by atoms with Gasteiger partial charge in [0.2, 0.25) is 0 Å². The van der Waals surface area contributed by atoms with Gasteiger partial charge in [-0.1, -0.05) is 5.41 Å². The lowest BCUT2D eigenvalue weighted by atomic mass is 10.2. The van der Waals surface area contributed by atoms with Gasteiger partial charge in [0.05, 0.1) is 4.92 Å². The molecule has 0 heterocycles. The Kier molecular flexibility index (Phi) is 1.83. The molecule has 4 nitrogen and oxygen atoms in total. The molecule has 1 radical (unpaired) electrons. The summed E-state index contributed by atoms with van der Waals surface area (Å²) in [5.74, 6) is 1.84. The van der Waals surface area contributed by atoms with Crippen molar-refractivity contribution in [1.82, 2.24) is 5.41 Å². The van der Waals surface area contributed by atoms with Crippen LogP contribution in [-0.4, -0.2) is 10.8 Å². The van der Waals surface area contributed by atoms with Crippen molar-refractivity contribution in [2.45, 2.75) is 0 Å². The monoisotopic (exact) mass is 147 g/mol. The summed E-state index contributed by atoms with van der Waals surface area (Å²) >= 11 is 0. The van der Waals surface area contributed by atoms with Gasteiger partial charge in [0, 0.05) is 23.6 Å². The maximum absolute atomic E-state index is 10.1. The van der Waals surface area contributed by atoms with Crippen molar-refractivity contribution < 1.29 is 4.92 Å². The van der Waals surface area contributed by atoms with Crippen LogP contribution in [0.3, 0.4) is 0 Å². The van der Waals surface area contributed by atoms with Crippen molar-refractivity contribution in [1.29, 1.82) is 0 Å². The molecule has 0 N–H and O–H groups in total. The molecule has 0 amide bonds. The van der Waals surface area contributed by atoms with E-state index in [0.717, 1.165) is 0 Å². The number of hydrogen-bond acceptors (Lipinski definition) is 2. The van der Waals surface area contributed by atoms with Gasteiger partial charge in [-0.05, 0) is 11.8 Å². The first kappa shape index (κ1) is 7.22. The number of nitro groups is 1. The SMILES string of the molecule is [N]=C=C1C=C=C([N+](=O)[O-])C=C1. The average Bonchev–Trinajstić information content (AvgIpc) is 2.05. The van der Waals surface area contributed by atoms with Gasteiger partial charge in [0.15, 0.2) is 0 Å². The first-order chi connectivity index (χ1) is 5.24. The third kappa shape index (κ3) is 1.52. The fourth-order valence-electron chi connectivity index (χ4n) is 0.600. The third-order valence-corrected chi connectivity index (χ3v) is 1.12. The summed E-state index contributed by atoms with van der Waals surface area (Å²) in [4.78, 5) is 9.54. The fraction of sp³-hybridized carbons (Fsp3) is 0. The number of allylic oxidation sites excluding steroid dienone is 3. The molecular formula is C7H3N2O2. The molecule has 0 aromatic rings. The molecule has 0 aromatic heterocycles. The van der Waals surface area contributed by atoms with Crippen LogP contribution in [0.15, 0.2) is 35.2 Å². The molecule has 0 spiro atoms. The molecule has 1 aliphatic carbocycles. The Morgan fingerprint density at radius 3 is 2.73 bits per heavy atom. The lowest BCUT2D eigenvalue weighted by molar-refractivity contribution is -0.418. The van der Waals surface area contributed by atoms with Gasteiger partial charge in [0.25, 0.3) is 0 Å². The van der Waals surface area contributed by atoms with Crippen LogP contribution < -0.4 is 5.41 Å². The zero-order valence-electron chi connectivity index (χ0n) is 5.44. The highest BCUT2D eigenvalue weighted by Gasteiger charge is 2.06. The minimum Gasteiger partial charge on any atom is -0.258 e. The highest BCUT2D eigenvalue weighted by molar-refractivity contribution is 5.65. The molecule has 53 valence electrons. The van der Waals surface area contributed by atoms with E-state index in [4.69, 9.17) is 5.41 Å². The topological polar surface area (TPSA) is 65.4 Å². The zero-order chi connectivity index (χ0) is 8.27. The molecule has 0 aliphatic heterocycles. The Hall–Kier alpha value is -1.89. The molecule has 0 aromatic carbocycles. The average molecular weight is 147 g/mol. The van der Waals surface area contributed by atoms with Crippen molar-refractivity contribution >= 4 is 5.87 Å². The lowest BCUT2D eigenvalue weighted by Crippen LogP contribution is -1.95. The molecule has 0 saturated heterocycles. The second-order valence-corrected chi connectivity index (χ2v) is 1.83. The van der Waals surface area contributed by atoms with Crippen LogP contribution in [0.25, 0.3) is 0 Å². The third-order valence-electron chi connectivity index (χ3n) is 1.12. The van der Waals surface area contributed by atoms with Gasteiger partial charge in [-0.2, -0.15) is 0 Å². The summed E-state index contributed by atoms with van der Waals surface area (Å²) in [5.41, 5.74) is 2.62. The first-order valence-corrected chi connectivity index (χ1v) is 2.80. The van der Waals surface area contributed by atoms with Crippen molar-refractivity contribution in [3.05, 3.63) is 45.3 Å². The summed E-state index contributed by atoms with van der Waals surface area (Å²) in [6.07, 6.45) is 3.92. The summed E-state index contributed by atoms with van der Waals surface area (Å²) < 4.78 is 0. The molecular weight excluding hydrogens is 144 g/mol. The van der Waals surface area contributed by atoms with Crippen molar-refractivity contribution in [2.75, 3.05) is 0 Å². The van der Waals surface area contributed by atoms with Crippen LogP contribution in [0.1, 0.15) is 0 Å². The molecule has 0 unspecified atom stereocenters. The Labute approximate surface area is 62.5 Å². The summed E-state index contributed by atoms with van der Waals surface area (Å²) in [6, 6.07) is 0. The number of nitrogens with zero attached hydrogens (tertiary/aromatic N) is 2. The van der Waals surface area contributed by atoms with Crippen LogP contribution in [0.4, 0.5) is 0 Å². The van der Waals surface area contributed by atoms with Gasteiger partial charge in [-0.3, -0.25) is 10.1 Å². The predicted octanol–water partition coefficient (Wildman–Crippen LogP) is 0.268. The van der Waals surface area contributed by atoms with Crippen LogP contribution in [0.5, 0.6) is 0 Å². The Balaban J connectivity index is 3.10. The van der Waals surface area contributed by atoms with E-state index in [1.807, 2.05) is 5.87 Å². The molecule has 1 aliphatic rings. The van der Waals surface area contributed by atoms with Gasteiger partial charge >= 0.3 is 5.70 Å². The lowest BCUT2D eigenvalue weighted by Gasteiger charge is -1.90. The van der Waals surface area contributed by atoms with E-state index in [-0.39, 0.29) is 5.70 Å². The van der Waals surface area contributed by atoms with E-state index in [1.165, 1.54) is 18.2 Å². The highest BCUT2D eigenvalue weighted by atomic mass is 16.6. The zero-order valence-corrected chi connectivity index (χ0v) is 5.44. The number of hydrogen-bond donors (Lipinski definition) is 0. The molecule has 11 heavy (non-hydrogen) atoms. The van der Waals surface area contributed by atoms with E-state index in [1.54, 1.807) is 0 Å². The molecule has 4 heteroatoms. The molecule has 0 atom stereocenters. The summed E-state index contributed by atoms with van der Waals surface area (Å²) in [7, 11) is 0. The van der Waals surface area contributed by atoms with Crippen LogP contribution in [0.2, 0.25) is 0 Å². The van der Waals surface area contributed by atoms with Crippen molar-refractivity contribution in [2.24, 2.45) is 0 Å². The van der Waals surface area contributed by atoms with Gasteiger partial charge in [-0.15, -0.1) is 0 Å². The molecule has 0 fully saturated rings. The van der Waals surface area contributed by atoms with Crippen LogP contribution in [0, 0.1) is 10.1 Å². The van der Waals surface area contributed by atoms with E-state index in [9.17, 15) is 10.1 Å². The number of rotatable bonds is 1. The Bertz CT molecular complexity index is 339. The smallest absolute Gasteiger partial charge is 0.258 e. The Morgan fingerprint density at radius 2 is 2.36 bits per heavy atom. The quantitative estimate of drug-likeness (QED) is 0.231. The fourth-order valence-corrected chi connectivity index (χ4v) is 0.600. The van der Waals surface area contributed by atoms with E-state index in [0.29, 0.717) is 5.57 Å². The maximum atomic E-state index is 10.1. The van der Waals surface area contributed by atoms with E-state index in [2.05, 4.69) is 5.73 Å². The van der Waals surface area contributed by atoms with Gasteiger partial charge in [0.1, 0.15) is 0 Å². The second kappa shape index (κ2) is 2.80. The van der Waals surface area contributed by atoms with Crippen LogP contribution in [-0.2, 0) is 0 Å². The molecule has 0 bridgehead atoms. The van der Waals surface area contributed by atoms with Gasteiger partial charge < -0.3 is 0 Å². The minimum absolute atomic E-state index is 0.121. The molecule has 0 saturated carbocycles. The summed E-state index contributed by atoms with van der Waals surface area (Å²) in [5, 5.41) is 18.4. The minimum atomic E-state index is -0.554. The summed E-state index contributed by atoms with van der Waals surface area (Å²) in [6.45, 7) is 0. The Morgan fingerprint density at radius 1 is 1.64 bits per heavy atom. The predicted molar refractivity (Wildman–Crippen MR) is 38.4 cm³/mol. The normalized spacial score (nSPS) is 14.2. The van der Waals surface area contributed by atoms with E-state index >= 15 is 0 Å². The van der Waals surface area contributed by atoms with Gasteiger partial charge in [-0.25, -0.2) is 0 Å². The van der Waals surface area contributed by atoms with Crippen LogP contribution >= 0.6 is 0 Å². The second-order valence-electron chi connectivity index (χ2n) is 1.83. The van der Waals surface area contributed by atoms with Crippen molar-refractivity contribution in [3.8, 4) is 0 Å². The highest BCUT2D eigenvalue weighted by Crippen LogP contribution is 2.05. The molecule has 1 rings (SSSR count). The maximum Gasteiger partial charge on any atom is 0.311 e. The standard InChI is InChI=1S/C7H3N2O2/c8-5-6-1-3-7(4-2-6)9(10)11/h1-3H. The largest absolute Gasteiger partial charge is 0.311 e. The first-order valence-electron chi connectivity index (χ1n) is 2.80. The van der Waals surface area contributed by atoms with Crippen molar-refractivity contribution in [3.63, 3.8) is 0 Å². The van der Waals surface area contributed by atoms with E-state index < -0.39 is 4.92 Å².